The number of carbonyl (C=O) groups is 1. The van der Waals surface area contributed by atoms with E-state index < -0.39 is 6.10 Å². The molecule has 0 spiro atoms. The summed E-state index contributed by atoms with van der Waals surface area (Å²) in [7, 11) is 0. The average Bonchev–Trinajstić information content (AvgIpc) is 3.26. The second kappa shape index (κ2) is 9.36. The topological polar surface area (TPSA) is 115 Å². The van der Waals surface area contributed by atoms with Gasteiger partial charge in [0, 0.05) is 36.7 Å². The first kappa shape index (κ1) is 22.2. The number of nitrogens with zero attached hydrogens (tertiary/aromatic N) is 5. The number of aliphatic hydroxyl groups is 2. The Hall–Kier alpha value is -3.56. The Morgan fingerprint density at radius 1 is 1.21 bits per heavy atom. The van der Waals surface area contributed by atoms with Crippen molar-refractivity contribution in [2.75, 3.05) is 34.8 Å². The molecule has 9 heteroatoms. The van der Waals surface area contributed by atoms with Gasteiger partial charge in [0.2, 0.25) is 0 Å². The fourth-order valence-corrected chi connectivity index (χ4v) is 4.63. The van der Waals surface area contributed by atoms with Crippen molar-refractivity contribution in [3.05, 3.63) is 60.0 Å². The third-order valence-electron chi connectivity index (χ3n) is 6.40. The lowest BCUT2D eigenvalue weighted by atomic mass is 10.1. The van der Waals surface area contributed by atoms with E-state index in [-0.39, 0.29) is 18.7 Å². The fourth-order valence-electron chi connectivity index (χ4n) is 4.63. The monoisotopic (exact) mass is 460 g/mol. The smallest absolute Gasteiger partial charge is 0.329 e. The van der Waals surface area contributed by atoms with Crippen molar-refractivity contribution in [3.63, 3.8) is 0 Å². The molecule has 3 aromatic rings. The highest BCUT2D eigenvalue weighted by molar-refractivity contribution is 6.04. The molecule has 0 radical (unpaired) electrons. The maximum atomic E-state index is 13.5. The van der Waals surface area contributed by atoms with Crippen LogP contribution in [-0.2, 0) is 6.42 Å². The molecular formula is C25H28N6O3. The molecule has 2 bridgehead atoms. The van der Waals surface area contributed by atoms with Crippen LogP contribution < -0.4 is 15.1 Å². The van der Waals surface area contributed by atoms with E-state index in [0.717, 1.165) is 47.7 Å². The van der Waals surface area contributed by atoms with Crippen molar-refractivity contribution in [2.24, 2.45) is 0 Å². The standard InChI is InChI=1S/C25H28N6O3/c1-16-12-18(7-10-26-16)21-4-5-22-24(28-21)31(19-8-11-30(22)14-19)25(34)29-23-13-17(6-9-27-23)2-3-20(33)15-32/h4-7,9-10,12-13,19-20,32-33H,2-3,8,11,14-15H2,1H3,(H,27,29,34)/t19-,20+/m0/s1. The molecule has 0 unspecified atom stereocenters. The minimum absolute atomic E-state index is 0.0392. The summed E-state index contributed by atoms with van der Waals surface area (Å²) in [6.45, 7) is 3.34. The predicted molar refractivity (Wildman–Crippen MR) is 130 cm³/mol. The molecule has 5 rings (SSSR count). The summed E-state index contributed by atoms with van der Waals surface area (Å²) in [5.41, 5.74) is 4.55. The summed E-state index contributed by atoms with van der Waals surface area (Å²) in [6.07, 6.45) is 4.53. The molecule has 1 saturated heterocycles. The van der Waals surface area contributed by atoms with Crippen LogP contribution in [0.4, 0.5) is 22.1 Å². The number of pyridine rings is 3. The molecule has 2 atom stereocenters. The van der Waals surface area contributed by atoms with Crippen LogP contribution in [0.1, 0.15) is 24.1 Å². The zero-order valence-electron chi connectivity index (χ0n) is 19.1. The van der Waals surface area contributed by atoms with E-state index in [0.29, 0.717) is 24.5 Å². The summed E-state index contributed by atoms with van der Waals surface area (Å²) in [5.74, 6) is 1.10. The van der Waals surface area contributed by atoms with Crippen LogP contribution in [0.15, 0.2) is 48.8 Å². The minimum atomic E-state index is -0.758. The van der Waals surface area contributed by atoms with Crippen molar-refractivity contribution < 1.29 is 15.0 Å². The molecule has 2 amide bonds. The quantitative estimate of drug-likeness (QED) is 0.518. The highest BCUT2D eigenvalue weighted by atomic mass is 16.3. The van der Waals surface area contributed by atoms with Gasteiger partial charge >= 0.3 is 6.03 Å². The average molecular weight is 461 g/mol. The zero-order valence-corrected chi connectivity index (χ0v) is 19.1. The van der Waals surface area contributed by atoms with Crippen LogP contribution in [0.2, 0.25) is 0 Å². The lowest BCUT2D eigenvalue weighted by molar-refractivity contribution is 0.0886. The normalized spacial score (nSPS) is 17.4. The second-order valence-corrected chi connectivity index (χ2v) is 8.84. The van der Waals surface area contributed by atoms with Gasteiger partial charge in [-0.15, -0.1) is 0 Å². The van der Waals surface area contributed by atoms with Gasteiger partial charge in [-0.2, -0.15) is 0 Å². The van der Waals surface area contributed by atoms with Gasteiger partial charge in [0.05, 0.1) is 30.1 Å². The number of aryl methyl sites for hydroxylation is 2. The molecule has 34 heavy (non-hydrogen) atoms. The van der Waals surface area contributed by atoms with E-state index in [1.54, 1.807) is 23.4 Å². The van der Waals surface area contributed by atoms with Crippen LogP contribution in [0, 0.1) is 6.92 Å². The molecule has 2 aliphatic heterocycles. The van der Waals surface area contributed by atoms with Crippen LogP contribution in [0.25, 0.3) is 11.3 Å². The van der Waals surface area contributed by atoms with Gasteiger partial charge in [0.1, 0.15) is 5.82 Å². The molecule has 0 aliphatic carbocycles. The van der Waals surface area contributed by atoms with E-state index >= 15 is 0 Å². The Bertz CT molecular complexity index is 1200. The van der Waals surface area contributed by atoms with Crippen LogP contribution in [0.5, 0.6) is 0 Å². The molecule has 0 aromatic carbocycles. The van der Waals surface area contributed by atoms with Crippen LogP contribution in [0.3, 0.4) is 0 Å². The van der Waals surface area contributed by atoms with Crippen molar-refractivity contribution in [2.45, 2.75) is 38.3 Å². The summed E-state index contributed by atoms with van der Waals surface area (Å²) in [6, 6.07) is 11.4. The van der Waals surface area contributed by atoms with Crippen LogP contribution in [-0.4, -0.2) is 63.0 Å². The number of nitrogens with one attached hydrogen (secondary N) is 1. The highest BCUT2D eigenvalue weighted by Gasteiger charge is 2.40. The number of urea groups is 1. The first-order valence-corrected chi connectivity index (χ1v) is 11.5. The lowest BCUT2D eigenvalue weighted by Gasteiger charge is -2.35. The van der Waals surface area contributed by atoms with Gasteiger partial charge in [0.15, 0.2) is 5.82 Å². The third kappa shape index (κ3) is 4.44. The molecule has 9 nitrogen and oxygen atoms in total. The summed E-state index contributed by atoms with van der Waals surface area (Å²) < 4.78 is 0. The number of carbonyl (C=O) groups excluding carboxylic acids is 1. The molecule has 5 heterocycles. The van der Waals surface area contributed by atoms with E-state index in [4.69, 9.17) is 10.1 Å². The van der Waals surface area contributed by atoms with Gasteiger partial charge in [-0.05, 0) is 68.1 Å². The number of hydrogen-bond acceptors (Lipinski definition) is 7. The number of aromatic nitrogens is 3. The molecular weight excluding hydrogens is 432 g/mol. The first-order chi connectivity index (χ1) is 16.5. The Balaban J connectivity index is 1.41. The summed E-state index contributed by atoms with van der Waals surface area (Å²) in [5, 5.41) is 21.6. The van der Waals surface area contributed by atoms with Crippen molar-refractivity contribution in [1.82, 2.24) is 15.0 Å². The Morgan fingerprint density at radius 3 is 2.88 bits per heavy atom. The molecule has 176 valence electrons. The number of amides is 2. The van der Waals surface area contributed by atoms with E-state index in [2.05, 4.69) is 20.2 Å². The summed E-state index contributed by atoms with van der Waals surface area (Å²) in [4.78, 5) is 31.0. The first-order valence-electron chi connectivity index (χ1n) is 11.5. The van der Waals surface area contributed by atoms with E-state index in [1.807, 2.05) is 37.3 Å². The van der Waals surface area contributed by atoms with Crippen molar-refractivity contribution in [3.8, 4) is 11.3 Å². The maximum absolute atomic E-state index is 13.5. The highest BCUT2D eigenvalue weighted by Crippen LogP contribution is 2.40. The van der Waals surface area contributed by atoms with Crippen molar-refractivity contribution in [1.29, 1.82) is 0 Å². The molecule has 2 aliphatic rings. The van der Waals surface area contributed by atoms with Gasteiger partial charge in [-0.3, -0.25) is 15.2 Å². The Morgan fingerprint density at radius 2 is 2.06 bits per heavy atom. The Labute approximate surface area is 198 Å². The van der Waals surface area contributed by atoms with Crippen LogP contribution >= 0.6 is 0 Å². The predicted octanol–water partition coefficient (Wildman–Crippen LogP) is 2.76. The zero-order chi connectivity index (χ0) is 23.7. The van der Waals surface area contributed by atoms with Gasteiger partial charge in [-0.1, -0.05) is 0 Å². The van der Waals surface area contributed by atoms with E-state index in [9.17, 15) is 9.90 Å². The van der Waals surface area contributed by atoms with Crippen molar-refractivity contribution >= 4 is 23.4 Å². The van der Waals surface area contributed by atoms with Gasteiger partial charge in [-0.25, -0.2) is 14.8 Å². The lowest BCUT2D eigenvalue weighted by Crippen LogP contribution is -2.48. The van der Waals surface area contributed by atoms with Gasteiger partial charge in [0.25, 0.3) is 0 Å². The second-order valence-electron chi connectivity index (χ2n) is 8.84. The molecule has 1 fully saturated rings. The number of rotatable bonds is 6. The molecule has 3 N–H and O–H groups in total. The largest absolute Gasteiger partial charge is 0.394 e. The minimum Gasteiger partial charge on any atom is -0.394 e. The number of hydrogen-bond donors (Lipinski definition) is 3. The van der Waals surface area contributed by atoms with E-state index in [1.165, 1.54) is 0 Å². The number of aliphatic hydroxyl groups excluding tert-OH is 2. The fraction of sp³-hybridized carbons (Fsp3) is 0.360. The third-order valence-corrected chi connectivity index (χ3v) is 6.40. The number of fused-ring (bicyclic) bond motifs is 4. The molecule has 3 aromatic heterocycles. The summed E-state index contributed by atoms with van der Waals surface area (Å²) >= 11 is 0. The number of anilines is 3. The SMILES string of the molecule is Cc1cc(-c2ccc3c(n2)N(C(=O)Nc2cc(CC[C@@H](O)CO)ccn2)[C@H]2CCN3C2)ccn1. The van der Waals surface area contributed by atoms with Gasteiger partial charge < -0.3 is 15.1 Å². The Kier molecular flexibility index (Phi) is 6.12. The maximum Gasteiger partial charge on any atom is 0.329 e. The molecule has 0 saturated carbocycles.